The van der Waals surface area contributed by atoms with Gasteiger partial charge in [-0.05, 0) is 60.2 Å². The average Bonchev–Trinajstić information content (AvgIpc) is 3.33. The van der Waals surface area contributed by atoms with Crippen LogP contribution in [-0.2, 0) is 0 Å². The molecule has 1 amide bonds. The van der Waals surface area contributed by atoms with Crippen LogP contribution in [0.2, 0.25) is 10.2 Å². The number of methoxy groups -OCH3 is 2. The summed E-state index contributed by atoms with van der Waals surface area (Å²) in [4.78, 5) is 18.2. The Hall–Kier alpha value is -3.61. The predicted octanol–water partition coefficient (Wildman–Crippen LogP) is 6.55. The number of rotatable bonds is 5. The number of aromatic nitrogens is 1. The Morgan fingerprint density at radius 2 is 1.66 bits per heavy atom. The number of benzene rings is 3. The van der Waals surface area contributed by atoms with Gasteiger partial charge in [0, 0.05) is 23.4 Å². The maximum Gasteiger partial charge on any atom is 0.276 e. The van der Waals surface area contributed by atoms with Gasteiger partial charge in [0.15, 0.2) is 0 Å². The first kappa shape index (κ1) is 23.1. The Morgan fingerprint density at radius 1 is 0.943 bits per heavy atom. The average molecular weight is 506 g/mol. The fourth-order valence-electron chi connectivity index (χ4n) is 4.16. The van der Waals surface area contributed by atoms with Crippen LogP contribution in [-0.4, -0.2) is 35.8 Å². The van der Waals surface area contributed by atoms with Gasteiger partial charge in [-0.1, -0.05) is 35.3 Å². The van der Waals surface area contributed by atoms with Crippen molar-refractivity contribution in [2.24, 2.45) is 5.10 Å². The number of nitrogens with zero attached hydrogens (tertiary/aromatic N) is 3. The molecule has 1 aliphatic heterocycles. The second-order valence-corrected chi connectivity index (χ2v) is 8.82. The molecule has 1 atom stereocenters. The molecule has 0 N–H and O–H groups in total. The summed E-state index contributed by atoms with van der Waals surface area (Å²) >= 11 is 13.0. The minimum absolute atomic E-state index is 0.305. The number of carbonyl (C=O) groups is 1. The molecular formula is C27H21Cl2N3O3. The van der Waals surface area contributed by atoms with Gasteiger partial charge in [0.05, 0.1) is 42.1 Å². The zero-order valence-electron chi connectivity index (χ0n) is 19.0. The predicted molar refractivity (Wildman–Crippen MR) is 138 cm³/mol. The monoisotopic (exact) mass is 505 g/mol. The number of amides is 1. The van der Waals surface area contributed by atoms with E-state index in [4.69, 9.17) is 37.8 Å². The third kappa shape index (κ3) is 4.43. The number of carbonyl (C=O) groups excluding carboxylic acids is 1. The van der Waals surface area contributed by atoms with Gasteiger partial charge in [-0.2, -0.15) is 5.10 Å². The maximum absolute atomic E-state index is 13.6. The lowest BCUT2D eigenvalue weighted by Crippen LogP contribution is -2.27. The summed E-state index contributed by atoms with van der Waals surface area (Å²) in [5, 5.41) is 7.74. The Labute approximate surface area is 212 Å². The van der Waals surface area contributed by atoms with Crippen LogP contribution in [0.3, 0.4) is 0 Å². The smallest absolute Gasteiger partial charge is 0.276 e. The molecular weight excluding hydrogens is 485 g/mol. The van der Waals surface area contributed by atoms with Crippen LogP contribution in [0.25, 0.3) is 10.9 Å². The number of pyridine rings is 1. The van der Waals surface area contributed by atoms with E-state index < -0.39 is 6.04 Å². The topological polar surface area (TPSA) is 64.0 Å². The summed E-state index contributed by atoms with van der Waals surface area (Å²) in [5.74, 6) is 1.12. The molecule has 35 heavy (non-hydrogen) atoms. The van der Waals surface area contributed by atoms with Gasteiger partial charge < -0.3 is 9.47 Å². The molecule has 0 saturated heterocycles. The van der Waals surface area contributed by atoms with Crippen molar-refractivity contribution in [2.45, 2.75) is 12.5 Å². The summed E-state index contributed by atoms with van der Waals surface area (Å²) in [6.07, 6.45) is 0.464. The highest BCUT2D eigenvalue weighted by molar-refractivity contribution is 6.34. The molecule has 0 fully saturated rings. The van der Waals surface area contributed by atoms with Crippen molar-refractivity contribution in [3.63, 3.8) is 0 Å². The van der Waals surface area contributed by atoms with Crippen molar-refractivity contribution in [3.05, 3.63) is 99.7 Å². The molecule has 0 saturated carbocycles. The van der Waals surface area contributed by atoms with Crippen LogP contribution in [0.1, 0.15) is 33.9 Å². The van der Waals surface area contributed by atoms with Gasteiger partial charge in [0.25, 0.3) is 5.91 Å². The zero-order chi connectivity index (χ0) is 24.5. The number of hydrogen-bond donors (Lipinski definition) is 0. The molecule has 5 rings (SSSR count). The summed E-state index contributed by atoms with van der Waals surface area (Å²) in [6.45, 7) is 0. The first-order valence-electron chi connectivity index (χ1n) is 10.9. The highest BCUT2D eigenvalue weighted by atomic mass is 35.5. The first-order chi connectivity index (χ1) is 17.0. The second kappa shape index (κ2) is 9.56. The number of hydrazone groups is 1. The number of fused-ring (bicyclic) bond motifs is 1. The van der Waals surface area contributed by atoms with E-state index in [2.05, 4.69) is 4.98 Å². The van der Waals surface area contributed by atoms with E-state index in [1.54, 1.807) is 38.5 Å². The normalized spacial score (nSPS) is 15.3. The van der Waals surface area contributed by atoms with Crippen molar-refractivity contribution < 1.29 is 14.3 Å². The summed E-state index contributed by atoms with van der Waals surface area (Å²) in [6, 6.07) is 21.6. The van der Waals surface area contributed by atoms with E-state index in [0.717, 1.165) is 22.4 Å². The van der Waals surface area contributed by atoms with Crippen LogP contribution in [0.15, 0.2) is 77.9 Å². The zero-order valence-corrected chi connectivity index (χ0v) is 20.5. The lowest BCUT2D eigenvalue weighted by atomic mass is 9.98. The Bertz CT molecular complexity index is 1450. The van der Waals surface area contributed by atoms with Crippen LogP contribution < -0.4 is 9.47 Å². The minimum atomic E-state index is -0.456. The van der Waals surface area contributed by atoms with Gasteiger partial charge in [0.2, 0.25) is 0 Å². The van der Waals surface area contributed by atoms with E-state index in [1.165, 1.54) is 5.01 Å². The highest BCUT2D eigenvalue weighted by Gasteiger charge is 2.36. The SMILES string of the molecule is COc1ccc(C2=NN(C(=O)c3ccccc3Cl)C(c3cc4ccc(OC)cc4nc3Cl)C2)cc1. The van der Waals surface area contributed by atoms with E-state index in [9.17, 15) is 4.79 Å². The van der Waals surface area contributed by atoms with Crippen molar-refractivity contribution in [3.8, 4) is 11.5 Å². The lowest BCUT2D eigenvalue weighted by molar-refractivity contribution is 0.0711. The standard InChI is InChI=1S/C27H21Cl2N3O3/c1-34-18-10-7-16(8-11-18)24-15-25(32(31-24)27(33)20-5-3-4-6-22(20)28)21-13-17-9-12-19(35-2)14-23(17)30-26(21)29/h3-14,25H,15H2,1-2H3. The van der Waals surface area contributed by atoms with Gasteiger partial charge >= 0.3 is 0 Å². The van der Waals surface area contributed by atoms with Crippen molar-refractivity contribution >= 4 is 45.7 Å². The molecule has 0 aliphatic carbocycles. The van der Waals surface area contributed by atoms with E-state index >= 15 is 0 Å². The number of ether oxygens (including phenoxy) is 2. The van der Waals surface area contributed by atoms with Gasteiger partial charge in [0.1, 0.15) is 16.7 Å². The first-order valence-corrected chi connectivity index (χ1v) is 11.7. The fourth-order valence-corrected chi connectivity index (χ4v) is 4.64. The quantitative estimate of drug-likeness (QED) is 0.288. The van der Waals surface area contributed by atoms with Crippen LogP contribution >= 0.6 is 23.2 Å². The number of hydrogen-bond acceptors (Lipinski definition) is 5. The van der Waals surface area contributed by atoms with Gasteiger partial charge in [-0.25, -0.2) is 9.99 Å². The van der Waals surface area contributed by atoms with Crippen LogP contribution in [0.5, 0.6) is 11.5 Å². The Kier molecular flexibility index (Phi) is 6.32. The van der Waals surface area contributed by atoms with Crippen molar-refractivity contribution in [2.75, 3.05) is 14.2 Å². The van der Waals surface area contributed by atoms with E-state index in [0.29, 0.717) is 39.0 Å². The lowest BCUT2D eigenvalue weighted by Gasteiger charge is -2.23. The minimum Gasteiger partial charge on any atom is -0.497 e. The Morgan fingerprint density at radius 3 is 2.37 bits per heavy atom. The van der Waals surface area contributed by atoms with Crippen molar-refractivity contribution in [1.29, 1.82) is 0 Å². The molecule has 1 aromatic heterocycles. The van der Waals surface area contributed by atoms with Crippen LogP contribution in [0, 0.1) is 0 Å². The number of halogens is 2. The molecule has 1 unspecified atom stereocenters. The second-order valence-electron chi connectivity index (χ2n) is 8.05. The van der Waals surface area contributed by atoms with Gasteiger partial charge in [-0.15, -0.1) is 0 Å². The van der Waals surface area contributed by atoms with Crippen LogP contribution in [0.4, 0.5) is 0 Å². The van der Waals surface area contributed by atoms with Gasteiger partial charge in [-0.3, -0.25) is 4.79 Å². The molecule has 8 heteroatoms. The molecule has 1 aliphatic rings. The summed E-state index contributed by atoms with van der Waals surface area (Å²) in [7, 11) is 3.22. The highest BCUT2D eigenvalue weighted by Crippen LogP contribution is 2.39. The molecule has 0 bridgehead atoms. The maximum atomic E-state index is 13.6. The fraction of sp³-hybridized carbons (Fsp3) is 0.148. The molecule has 0 radical (unpaired) electrons. The molecule has 0 spiro atoms. The third-order valence-electron chi connectivity index (χ3n) is 6.01. The van der Waals surface area contributed by atoms with E-state index in [-0.39, 0.29) is 5.91 Å². The molecule has 176 valence electrons. The Balaban J connectivity index is 1.59. The largest absolute Gasteiger partial charge is 0.497 e. The van der Waals surface area contributed by atoms with E-state index in [1.807, 2.05) is 48.5 Å². The van der Waals surface area contributed by atoms with Crippen molar-refractivity contribution in [1.82, 2.24) is 9.99 Å². The summed E-state index contributed by atoms with van der Waals surface area (Å²) in [5.41, 5.74) is 3.42. The summed E-state index contributed by atoms with van der Waals surface area (Å²) < 4.78 is 10.6. The molecule has 2 heterocycles. The third-order valence-corrected chi connectivity index (χ3v) is 6.64. The molecule has 3 aromatic carbocycles. The molecule has 4 aromatic rings. The molecule has 6 nitrogen and oxygen atoms in total.